The Morgan fingerprint density at radius 3 is 2.17 bits per heavy atom. The van der Waals surface area contributed by atoms with Gasteiger partial charge in [0.1, 0.15) is 6.07 Å². The van der Waals surface area contributed by atoms with Crippen LogP contribution in [0.15, 0.2) is 18.2 Å². The lowest BCUT2D eigenvalue weighted by molar-refractivity contribution is 0.105. The van der Waals surface area contributed by atoms with Crippen molar-refractivity contribution in [1.82, 2.24) is 0 Å². The van der Waals surface area contributed by atoms with Crippen LogP contribution >= 0.6 is 0 Å². The molecule has 0 atom stereocenters. The third-order valence-corrected chi connectivity index (χ3v) is 1.59. The molecule has 0 saturated heterocycles. The molecule has 0 aromatic heterocycles. The Hall–Kier alpha value is -1.62. The van der Waals surface area contributed by atoms with Gasteiger partial charge in [0.05, 0.1) is 0 Å². The zero-order chi connectivity index (χ0) is 9.14. The first-order chi connectivity index (χ1) is 5.63. The van der Waals surface area contributed by atoms with Crippen molar-refractivity contribution in [2.24, 2.45) is 0 Å². The predicted octanol–water partition coefficient (Wildman–Crippen LogP) is 2.01. The van der Waals surface area contributed by atoms with Crippen LogP contribution in [-0.4, -0.2) is 5.78 Å². The SMILES string of the molecule is Cc1cc(C)cc(C(=O)C#N)c1. The summed E-state index contributed by atoms with van der Waals surface area (Å²) in [5.41, 5.74) is 2.50. The minimum atomic E-state index is -0.471. The fourth-order valence-corrected chi connectivity index (χ4v) is 1.17. The van der Waals surface area contributed by atoms with Gasteiger partial charge in [0.15, 0.2) is 0 Å². The molecule has 0 radical (unpaired) electrons. The van der Waals surface area contributed by atoms with Gasteiger partial charge < -0.3 is 0 Å². The highest BCUT2D eigenvalue weighted by Crippen LogP contribution is 2.08. The highest BCUT2D eigenvalue weighted by atomic mass is 16.1. The Kier molecular flexibility index (Phi) is 2.25. The van der Waals surface area contributed by atoms with E-state index in [1.54, 1.807) is 18.2 Å². The van der Waals surface area contributed by atoms with Crippen molar-refractivity contribution in [3.8, 4) is 6.07 Å². The van der Waals surface area contributed by atoms with Crippen LogP contribution in [0.1, 0.15) is 21.5 Å². The number of hydrogen-bond donors (Lipinski definition) is 0. The van der Waals surface area contributed by atoms with Gasteiger partial charge in [0.25, 0.3) is 5.78 Å². The Balaban J connectivity index is 3.19. The summed E-state index contributed by atoms with van der Waals surface area (Å²) in [5, 5.41) is 8.37. The molecule has 1 aromatic carbocycles. The maximum atomic E-state index is 11.0. The summed E-state index contributed by atoms with van der Waals surface area (Å²) < 4.78 is 0. The molecule has 0 aliphatic carbocycles. The number of benzene rings is 1. The second kappa shape index (κ2) is 3.19. The second-order valence-electron chi connectivity index (χ2n) is 2.82. The van der Waals surface area contributed by atoms with Gasteiger partial charge in [-0.3, -0.25) is 4.79 Å². The number of Topliss-reactive ketones (excluding diaryl/α,β-unsaturated/α-hetero) is 1. The highest BCUT2D eigenvalue weighted by molar-refractivity contribution is 6.07. The van der Waals surface area contributed by atoms with E-state index in [0.29, 0.717) is 5.56 Å². The van der Waals surface area contributed by atoms with Gasteiger partial charge in [-0.2, -0.15) is 5.26 Å². The fraction of sp³-hybridized carbons (Fsp3) is 0.200. The van der Waals surface area contributed by atoms with Crippen LogP contribution in [0, 0.1) is 25.2 Å². The van der Waals surface area contributed by atoms with E-state index in [1.807, 2.05) is 19.9 Å². The summed E-state index contributed by atoms with van der Waals surface area (Å²) in [5.74, 6) is -0.471. The third kappa shape index (κ3) is 1.70. The van der Waals surface area contributed by atoms with Crippen LogP contribution in [-0.2, 0) is 0 Å². The average Bonchev–Trinajstić information content (AvgIpc) is 2.01. The lowest BCUT2D eigenvalue weighted by Crippen LogP contribution is -1.95. The minimum Gasteiger partial charge on any atom is -0.277 e. The largest absolute Gasteiger partial charge is 0.277 e. The number of carbonyl (C=O) groups excluding carboxylic acids is 1. The Morgan fingerprint density at radius 2 is 1.75 bits per heavy atom. The van der Waals surface area contributed by atoms with Crippen LogP contribution in [0.5, 0.6) is 0 Å². The topological polar surface area (TPSA) is 40.9 Å². The van der Waals surface area contributed by atoms with Crippen molar-refractivity contribution in [2.75, 3.05) is 0 Å². The summed E-state index contributed by atoms with van der Waals surface area (Å²) >= 11 is 0. The molecule has 2 heteroatoms. The van der Waals surface area contributed by atoms with Crippen molar-refractivity contribution in [3.05, 3.63) is 34.9 Å². The van der Waals surface area contributed by atoms with E-state index in [0.717, 1.165) is 11.1 Å². The van der Waals surface area contributed by atoms with Crippen molar-refractivity contribution < 1.29 is 4.79 Å². The number of nitrogens with zero attached hydrogens (tertiary/aromatic N) is 1. The molecule has 0 N–H and O–H groups in total. The van der Waals surface area contributed by atoms with Gasteiger partial charge >= 0.3 is 0 Å². The van der Waals surface area contributed by atoms with Gasteiger partial charge in [-0.25, -0.2) is 0 Å². The number of rotatable bonds is 1. The van der Waals surface area contributed by atoms with Gasteiger partial charge in [0.2, 0.25) is 0 Å². The zero-order valence-electron chi connectivity index (χ0n) is 7.09. The summed E-state index contributed by atoms with van der Waals surface area (Å²) in [4.78, 5) is 11.0. The smallest absolute Gasteiger partial charge is 0.262 e. The van der Waals surface area contributed by atoms with Gasteiger partial charge in [-0.1, -0.05) is 17.2 Å². The van der Waals surface area contributed by atoms with Crippen LogP contribution in [0.3, 0.4) is 0 Å². The number of nitriles is 1. The average molecular weight is 159 g/mol. The number of aryl methyl sites for hydroxylation is 2. The first-order valence-electron chi connectivity index (χ1n) is 3.66. The van der Waals surface area contributed by atoms with Crippen LogP contribution in [0.2, 0.25) is 0 Å². The van der Waals surface area contributed by atoms with Crippen molar-refractivity contribution in [3.63, 3.8) is 0 Å². The molecule has 60 valence electrons. The maximum absolute atomic E-state index is 11.0. The number of carbonyl (C=O) groups is 1. The van der Waals surface area contributed by atoms with Crippen LogP contribution in [0.4, 0.5) is 0 Å². The molecule has 0 heterocycles. The Bertz CT molecular complexity index is 340. The first-order valence-corrected chi connectivity index (χ1v) is 3.66. The molecule has 1 rings (SSSR count). The first kappa shape index (κ1) is 8.48. The van der Waals surface area contributed by atoms with E-state index in [2.05, 4.69) is 0 Å². The van der Waals surface area contributed by atoms with Crippen molar-refractivity contribution >= 4 is 5.78 Å². The summed E-state index contributed by atoms with van der Waals surface area (Å²) in [6.07, 6.45) is 0. The molecule has 0 aliphatic heterocycles. The van der Waals surface area contributed by atoms with Crippen molar-refractivity contribution in [1.29, 1.82) is 5.26 Å². The summed E-state index contributed by atoms with van der Waals surface area (Å²) in [6.45, 7) is 3.81. The Labute approximate surface area is 71.4 Å². The molecule has 0 amide bonds. The molecule has 0 spiro atoms. The van der Waals surface area contributed by atoms with E-state index < -0.39 is 5.78 Å². The maximum Gasteiger partial charge on any atom is 0.262 e. The van der Waals surface area contributed by atoms with Gasteiger partial charge in [0, 0.05) is 5.56 Å². The third-order valence-electron chi connectivity index (χ3n) is 1.59. The van der Waals surface area contributed by atoms with Crippen molar-refractivity contribution in [2.45, 2.75) is 13.8 Å². The lowest BCUT2D eigenvalue weighted by atomic mass is 10.1. The lowest BCUT2D eigenvalue weighted by Gasteiger charge is -1.98. The normalized spacial score (nSPS) is 9.08. The molecule has 2 nitrogen and oxygen atoms in total. The Morgan fingerprint density at radius 1 is 1.25 bits per heavy atom. The predicted molar refractivity (Wildman–Crippen MR) is 45.9 cm³/mol. The van der Waals surface area contributed by atoms with Crippen LogP contribution < -0.4 is 0 Å². The number of ketones is 1. The monoisotopic (exact) mass is 159 g/mol. The molecule has 0 fully saturated rings. The molecule has 0 unspecified atom stereocenters. The molecule has 0 bridgehead atoms. The highest BCUT2D eigenvalue weighted by Gasteiger charge is 2.03. The standard InChI is InChI=1S/C10H9NO/c1-7-3-8(2)5-9(4-7)10(12)6-11/h3-5H,1-2H3. The molecular formula is C10H9NO. The van der Waals surface area contributed by atoms with E-state index in [1.165, 1.54) is 0 Å². The minimum absolute atomic E-state index is 0.471. The van der Waals surface area contributed by atoms with Gasteiger partial charge in [-0.05, 0) is 26.0 Å². The molecule has 12 heavy (non-hydrogen) atoms. The zero-order valence-corrected chi connectivity index (χ0v) is 7.09. The molecule has 1 aromatic rings. The van der Waals surface area contributed by atoms with Crippen LogP contribution in [0.25, 0.3) is 0 Å². The summed E-state index contributed by atoms with van der Waals surface area (Å²) in [7, 11) is 0. The van der Waals surface area contributed by atoms with E-state index in [4.69, 9.17) is 5.26 Å². The summed E-state index contributed by atoms with van der Waals surface area (Å²) in [6, 6.07) is 7.00. The van der Waals surface area contributed by atoms with Gasteiger partial charge in [-0.15, -0.1) is 0 Å². The van der Waals surface area contributed by atoms with E-state index in [9.17, 15) is 4.79 Å². The molecule has 0 saturated carbocycles. The van der Waals surface area contributed by atoms with E-state index in [-0.39, 0.29) is 0 Å². The quantitative estimate of drug-likeness (QED) is 0.464. The molecule has 0 aliphatic rings. The second-order valence-corrected chi connectivity index (χ2v) is 2.82. The fourth-order valence-electron chi connectivity index (χ4n) is 1.17. The molecular weight excluding hydrogens is 150 g/mol. The van der Waals surface area contributed by atoms with E-state index >= 15 is 0 Å². The number of hydrogen-bond acceptors (Lipinski definition) is 2.